The maximum Gasteiger partial charge on any atom is 0.145 e. The van der Waals surface area contributed by atoms with E-state index in [1.807, 2.05) is 6.92 Å². The molecule has 0 aromatic carbocycles. The van der Waals surface area contributed by atoms with Crippen LogP contribution in [0.4, 0.5) is 0 Å². The molecule has 0 radical (unpaired) electrons. The lowest BCUT2D eigenvalue weighted by atomic mass is 9.61. The van der Waals surface area contributed by atoms with Crippen molar-refractivity contribution in [3.8, 4) is 0 Å². The van der Waals surface area contributed by atoms with Crippen molar-refractivity contribution < 1.29 is 15.0 Å². The minimum Gasteiger partial charge on any atom is -0.389 e. The number of aliphatic hydroxyl groups excluding tert-OH is 2. The van der Waals surface area contributed by atoms with Crippen molar-refractivity contribution >= 4 is 5.78 Å². The number of hydrogen-bond acceptors (Lipinski definition) is 3. The van der Waals surface area contributed by atoms with Crippen LogP contribution < -0.4 is 0 Å². The summed E-state index contributed by atoms with van der Waals surface area (Å²) in [6.07, 6.45) is 0.146. The van der Waals surface area contributed by atoms with E-state index in [0.29, 0.717) is 11.8 Å². The number of aliphatic hydroxyl groups is 2. The number of fused-ring (bicyclic) bond motifs is 1. The first-order valence-corrected chi connectivity index (χ1v) is 6.95. The Morgan fingerprint density at radius 2 is 1.89 bits per heavy atom. The highest BCUT2D eigenvalue weighted by atomic mass is 16.3. The van der Waals surface area contributed by atoms with Gasteiger partial charge in [0.1, 0.15) is 11.9 Å². The van der Waals surface area contributed by atoms with Crippen molar-refractivity contribution in [3.63, 3.8) is 0 Å². The standard InChI is InChI=1S/C15H24O3/c1-7(2)10-6-5-8(3)11-12(10)13(16)9(4)14(17)15(11)18/h7,9-10,12,14-15,17-18H,5-6H2,1-4H3/t9-,10+,12+,14+,15+/m1/s1. The molecule has 5 atom stereocenters. The third-order valence-corrected chi connectivity index (χ3v) is 4.87. The van der Waals surface area contributed by atoms with Gasteiger partial charge in [0.15, 0.2) is 0 Å². The molecule has 0 aromatic rings. The van der Waals surface area contributed by atoms with Gasteiger partial charge in [0.05, 0.1) is 6.10 Å². The fourth-order valence-electron chi connectivity index (χ4n) is 3.62. The maximum absolute atomic E-state index is 12.5. The SMILES string of the molecule is CC1=C2[C@@H](C(=O)[C@@H](C)[C@H](O)[C@H]2O)[C@H](C(C)C)CC1. The Hall–Kier alpha value is -0.670. The van der Waals surface area contributed by atoms with E-state index < -0.39 is 18.1 Å². The third-order valence-electron chi connectivity index (χ3n) is 4.87. The highest BCUT2D eigenvalue weighted by molar-refractivity contribution is 5.88. The molecule has 0 spiro atoms. The average Bonchev–Trinajstić information content (AvgIpc) is 2.32. The van der Waals surface area contributed by atoms with Gasteiger partial charge in [-0.2, -0.15) is 0 Å². The molecule has 2 aliphatic rings. The van der Waals surface area contributed by atoms with Crippen LogP contribution >= 0.6 is 0 Å². The topological polar surface area (TPSA) is 57.5 Å². The van der Waals surface area contributed by atoms with E-state index in [9.17, 15) is 15.0 Å². The Kier molecular flexibility index (Phi) is 3.65. The largest absolute Gasteiger partial charge is 0.389 e. The van der Waals surface area contributed by atoms with Gasteiger partial charge in [0, 0.05) is 11.8 Å². The van der Waals surface area contributed by atoms with E-state index >= 15 is 0 Å². The summed E-state index contributed by atoms with van der Waals surface area (Å²) in [6.45, 7) is 7.99. The fourth-order valence-corrected chi connectivity index (χ4v) is 3.62. The highest BCUT2D eigenvalue weighted by Gasteiger charge is 2.49. The molecule has 2 N–H and O–H groups in total. The van der Waals surface area contributed by atoms with Gasteiger partial charge in [-0.15, -0.1) is 0 Å². The van der Waals surface area contributed by atoms with Gasteiger partial charge >= 0.3 is 0 Å². The van der Waals surface area contributed by atoms with E-state index in [4.69, 9.17) is 0 Å². The van der Waals surface area contributed by atoms with E-state index in [0.717, 1.165) is 24.0 Å². The molecule has 0 aliphatic heterocycles. The summed E-state index contributed by atoms with van der Waals surface area (Å²) in [4.78, 5) is 12.5. The second-order valence-corrected chi connectivity index (χ2v) is 6.29. The number of carbonyl (C=O) groups is 1. The molecule has 0 aromatic heterocycles. The predicted octanol–water partition coefficient (Wildman–Crippen LogP) is 1.93. The molecule has 3 heteroatoms. The van der Waals surface area contributed by atoms with E-state index in [1.165, 1.54) is 0 Å². The van der Waals surface area contributed by atoms with Crippen molar-refractivity contribution in [1.82, 2.24) is 0 Å². The number of Topliss-reactive ketones (excluding diaryl/α,β-unsaturated/α-hetero) is 1. The van der Waals surface area contributed by atoms with Crippen molar-refractivity contribution in [1.29, 1.82) is 0 Å². The molecule has 18 heavy (non-hydrogen) atoms. The molecule has 0 amide bonds. The lowest BCUT2D eigenvalue weighted by molar-refractivity contribution is -0.139. The van der Waals surface area contributed by atoms with Crippen molar-refractivity contribution in [2.45, 2.75) is 52.7 Å². The fraction of sp³-hybridized carbons (Fsp3) is 0.800. The third kappa shape index (κ3) is 1.94. The van der Waals surface area contributed by atoms with Gasteiger partial charge in [-0.1, -0.05) is 26.3 Å². The lowest BCUT2D eigenvalue weighted by Crippen LogP contribution is -2.52. The summed E-state index contributed by atoms with van der Waals surface area (Å²) in [7, 11) is 0. The number of carbonyl (C=O) groups excluding carboxylic acids is 1. The predicted molar refractivity (Wildman–Crippen MR) is 69.9 cm³/mol. The van der Waals surface area contributed by atoms with Crippen LogP contribution in [0, 0.1) is 23.7 Å². The summed E-state index contributed by atoms with van der Waals surface area (Å²) < 4.78 is 0. The van der Waals surface area contributed by atoms with Crippen LogP contribution in [0.2, 0.25) is 0 Å². The molecule has 1 saturated carbocycles. The van der Waals surface area contributed by atoms with Crippen molar-refractivity contribution in [3.05, 3.63) is 11.1 Å². The van der Waals surface area contributed by atoms with E-state index in [1.54, 1.807) is 6.92 Å². The Morgan fingerprint density at radius 1 is 1.28 bits per heavy atom. The minimum atomic E-state index is -0.940. The van der Waals surface area contributed by atoms with Crippen LogP contribution in [-0.2, 0) is 4.79 Å². The zero-order valence-corrected chi connectivity index (χ0v) is 11.7. The first kappa shape index (κ1) is 13.8. The highest BCUT2D eigenvalue weighted by Crippen LogP contribution is 2.45. The van der Waals surface area contributed by atoms with Crippen LogP contribution in [0.15, 0.2) is 11.1 Å². The lowest BCUT2D eigenvalue weighted by Gasteiger charge is -2.45. The Balaban J connectivity index is 2.46. The van der Waals surface area contributed by atoms with Gasteiger partial charge in [-0.25, -0.2) is 0 Å². The van der Waals surface area contributed by atoms with Gasteiger partial charge in [-0.3, -0.25) is 4.79 Å². The molecule has 2 aliphatic carbocycles. The van der Waals surface area contributed by atoms with Gasteiger partial charge in [-0.05, 0) is 37.2 Å². The smallest absolute Gasteiger partial charge is 0.145 e. The van der Waals surface area contributed by atoms with Crippen LogP contribution in [-0.4, -0.2) is 28.2 Å². The molecule has 2 rings (SSSR count). The zero-order chi connectivity index (χ0) is 13.6. The molecular formula is C15H24O3. The summed E-state index contributed by atoms with van der Waals surface area (Å²) in [5.41, 5.74) is 1.92. The minimum absolute atomic E-state index is 0.112. The van der Waals surface area contributed by atoms with E-state index in [2.05, 4.69) is 13.8 Å². The van der Waals surface area contributed by atoms with Crippen LogP contribution in [0.25, 0.3) is 0 Å². The van der Waals surface area contributed by atoms with Crippen molar-refractivity contribution in [2.75, 3.05) is 0 Å². The molecule has 102 valence electrons. The molecule has 0 heterocycles. The number of allylic oxidation sites excluding steroid dienone is 1. The average molecular weight is 252 g/mol. The molecule has 0 bridgehead atoms. The molecular weight excluding hydrogens is 228 g/mol. The zero-order valence-electron chi connectivity index (χ0n) is 11.7. The van der Waals surface area contributed by atoms with Gasteiger partial charge < -0.3 is 10.2 Å². The van der Waals surface area contributed by atoms with Gasteiger partial charge in [0.2, 0.25) is 0 Å². The first-order valence-electron chi connectivity index (χ1n) is 6.95. The van der Waals surface area contributed by atoms with Gasteiger partial charge in [0.25, 0.3) is 0 Å². The van der Waals surface area contributed by atoms with Crippen LogP contribution in [0.5, 0.6) is 0 Å². The Bertz CT molecular complexity index is 383. The van der Waals surface area contributed by atoms with Crippen LogP contribution in [0.1, 0.15) is 40.5 Å². The summed E-state index contributed by atoms with van der Waals surface area (Å²) in [5, 5.41) is 20.3. The summed E-state index contributed by atoms with van der Waals surface area (Å²) >= 11 is 0. The first-order chi connectivity index (χ1) is 8.36. The van der Waals surface area contributed by atoms with Crippen molar-refractivity contribution in [2.24, 2.45) is 23.7 Å². The van der Waals surface area contributed by atoms with Crippen LogP contribution in [0.3, 0.4) is 0 Å². The molecule has 3 nitrogen and oxygen atoms in total. The number of rotatable bonds is 1. The molecule has 0 unspecified atom stereocenters. The Morgan fingerprint density at radius 3 is 2.44 bits per heavy atom. The molecule has 0 saturated heterocycles. The number of hydrogen-bond donors (Lipinski definition) is 2. The second-order valence-electron chi connectivity index (χ2n) is 6.29. The normalized spacial score (nSPS) is 41.3. The monoisotopic (exact) mass is 252 g/mol. The summed E-state index contributed by atoms with van der Waals surface area (Å²) in [5.74, 6) is 0.214. The maximum atomic E-state index is 12.5. The summed E-state index contributed by atoms with van der Waals surface area (Å²) in [6, 6.07) is 0. The van der Waals surface area contributed by atoms with E-state index in [-0.39, 0.29) is 11.7 Å². The number of ketones is 1. The second kappa shape index (κ2) is 4.78. The molecule has 1 fully saturated rings. The Labute approximate surface area is 109 Å². The quantitative estimate of drug-likeness (QED) is 0.701.